The number of urea groups is 1. The number of methoxy groups -OCH3 is 1. The molecule has 3 rings (SSSR count). The second-order valence-electron chi connectivity index (χ2n) is 6.44. The van der Waals surface area contributed by atoms with Crippen molar-refractivity contribution in [3.05, 3.63) is 24.2 Å². The molecule has 0 unspecified atom stereocenters. The number of piperidine rings is 1. The van der Waals surface area contributed by atoms with Gasteiger partial charge >= 0.3 is 6.03 Å². The Morgan fingerprint density at radius 3 is 2.91 bits per heavy atom. The monoisotopic (exact) mass is 307 g/mol. The van der Waals surface area contributed by atoms with Crippen molar-refractivity contribution in [2.75, 3.05) is 40.8 Å². The zero-order valence-electron chi connectivity index (χ0n) is 13.6. The van der Waals surface area contributed by atoms with Crippen LogP contribution in [-0.2, 0) is 11.3 Å². The lowest BCUT2D eigenvalue weighted by atomic mass is 9.89. The van der Waals surface area contributed by atoms with E-state index in [4.69, 9.17) is 9.15 Å². The fourth-order valence-electron chi connectivity index (χ4n) is 3.77. The number of carbonyl (C=O) groups is 1. The number of furan rings is 1. The van der Waals surface area contributed by atoms with Gasteiger partial charge in [-0.15, -0.1) is 0 Å². The van der Waals surface area contributed by atoms with E-state index >= 15 is 0 Å². The van der Waals surface area contributed by atoms with Crippen LogP contribution in [0.2, 0.25) is 0 Å². The minimum absolute atomic E-state index is 0.101. The van der Waals surface area contributed by atoms with Gasteiger partial charge in [0.2, 0.25) is 0 Å². The van der Waals surface area contributed by atoms with E-state index in [9.17, 15) is 4.79 Å². The van der Waals surface area contributed by atoms with Gasteiger partial charge in [-0.3, -0.25) is 4.90 Å². The lowest BCUT2D eigenvalue weighted by Crippen LogP contribution is -2.55. The van der Waals surface area contributed by atoms with E-state index in [1.165, 1.54) is 0 Å². The third-order valence-electron chi connectivity index (χ3n) is 4.83. The van der Waals surface area contributed by atoms with Crippen LogP contribution in [0.15, 0.2) is 22.8 Å². The maximum atomic E-state index is 12.4. The molecule has 0 N–H and O–H groups in total. The van der Waals surface area contributed by atoms with Crippen LogP contribution in [0.25, 0.3) is 0 Å². The van der Waals surface area contributed by atoms with Crippen LogP contribution in [0.3, 0.4) is 0 Å². The molecule has 0 aliphatic carbocycles. The lowest BCUT2D eigenvalue weighted by Gasteiger charge is -2.42. The van der Waals surface area contributed by atoms with Gasteiger partial charge in [0.25, 0.3) is 0 Å². The van der Waals surface area contributed by atoms with Crippen LogP contribution in [0, 0.1) is 5.92 Å². The quantitative estimate of drug-likeness (QED) is 0.849. The molecule has 2 fully saturated rings. The minimum atomic E-state index is 0.101. The first-order valence-electron chi connectivity index (χ1n) is 7.85. The first kappa shape index (κ1) is 15.4. The number of hydrogen-bond donors (Lipinski definition) is 0. The van der Waals surface area contributed by atoms with E-state index in [0.29, 0.717) is 5.92 Å². The molecule has 2 aliphatic heterocycles. The summed E-state index contributed by atoms with van der Waals surface area (Å²) in [4.78, 5) is 18.5. The molecule has 2 aliphatic rings. The molecule has 0 radical (unpaired) electrons. The van der Waals surface area contributed by atoms with Crippen molar-refractivity contribution in [1.82, 2.24) is 14.7 Å². The van der Waals surface area contributed by atoms with Crippen molar-refractivity contribution < 1.29 is 13.9 Å². The number of amides is 2. The molecule has 6 heteroatoms. The van der Waals surface area contributed by atoms with E-state index in [0.717, 1.165) is 38.4 Å². The van der Waals surface area contributed by atoms with Crippen LogP contribution in [-0.4, -0.2) is 73.7 Å². The van der Waals surface area contributed by atoms with E-state index in [-0.39, 0.29) is 18.2 Å². The SMILES string of the molecule is CO[C@@H]1CCN(C(=O)N(C)C)[C@@H]2CN(Cc3ccco3)C[C@@H]21. The normalized spacial score (nSPS) is 28.7. The van der Waals surface area contributed by atoms with Crippen molar-refractivity contribution in [2.45, 2.75) is 25.1 Å². The average molecular weight is 307 g/mol. The van der Waals surface area contributed by atoms with Gasteiger partial charge in [-0.1, -0.05) is 0 Å². The largest absolute Gasteiger partial charge is 0.468 e. The van der Waals surface area contributed by atoms with Crippen molar-refractivity contribution in [1.29, 1.82) is 0 Å². The molecule has 6 nitrogen and oxygen atoms in total. The molecule has 1 aromatic heterocycles. The highest BCUT2D eigenvalue weighted by atomic mass is 16.5. The zero-order valence-corrected chi connectivity index (χ0v) is 13.6. The summed E-state index contributed by atoms with van der Waals surface area (Å²) in [5, 5.41) is 0. The Kier molecular flexibility index (Phi) is 4.40. The first-order valence-corrected chi connectivity index (χ1v) is 7.85. The number of nitrogens with zero attached hydrogens (tertiary/aromatic N) is 3. The number of rotatable bonds is 3. The van der Waals surface area contributed by atoms with E-state index < -0.39 is 0 Å². The highest BCUT2D eigenvalue weighted by molar-refractivity contribution is 5.74. The molecular weight excluding hydrogens is 282 g/mol. The molecule has 3 heterocycles. The average Bonchev–Trinajstić information content (AvgIpc) is 3.14. The van der Waals surface area contributed by atoms with Crippen molar-refractivity contribution in [3.63, 3.8) is 0 Å². The summed E-state index contributed by atoms with van der Waals surface area (Å²) < 4.78 is 11.1. The second kappa shape index (κ2) is 6.30. The topological polar surface area (TPSA) is 49.2 Å². The molecule has 0 bridgehead atoms. The van der Waals surface area contributed by atoms with Crippen LogP contribution < -0.4 is 0 Å². The number of carbonyl (C=O) groups excluding carboxylic acids is 1. The van der Waals surface area contributed by atoms with Crippen LogP contribution in [0.5, 0.6) is 0 Å². The molecular formula is C16H25N3O3. The molecule has 0 spiro atoms. The Morgan fingerprint density at radius 1 is 1.45 bits per heavy atom. The third-order valence-corrected chi connectivity index (χ3v) is 4.83. The molecule has 1 aromatic rings. The number of hydrogen-bond acceptors (Lipinski definition) is 4. The van der Waals surface area contributed by atoms with Crippen LogP contribution in [0.1, 0.15) is 12.2 Å². The van der Waals surface area contributed by atoms with E-state index in [1.54, 1.807) is 18.3 Å². The summed E-state index contributed by atoms with van der Waals surface area (Å²) in [6, 6.07) is 4.24. The van der Waals surface area contributed by atoms with Crippen LogP contribution in [0.4, 0.5) is 4.79 Å². The Balaban J connectivity index is 1.73. The third kappa shape index (κ3) is 2.85. The Labute approximate surface area is 131 Å². The summed E-state index contributed by atoms with van der Waals surface area (Å²) in [6.07, 6.45) is 2.85. The molecule has 0 aromatic carbocycles. The molecule has 2 saturated heterocycles. The van der Waals surface area contributed by atoms with Gasteiger partial charge in [-0.2, -0.15) is 0 Å². The van der Waals surface area contributed by atoms with Gasteiger partial charge in [0.05, 0.1) is 25.0 Å². The second-order valence-corrected chi connectivity index (χ2v) is 6.44. The molecule has 122 valence electrons. The Hall–Kier alpha value is -1.53. The van der Waals surface area contributed by atoms with Gasteiger partial charge in [0, 0.05) is 46.8 Å². The predicted octanol–water partition coefficient (Wildman–Crippen LogP) is 1.48. The fraction of sp³-hybridized carbons (Fsp3) is 0.688. The number of ether oxygens (including phenoxy) is 1. The Morgan fingerprint density at radius 2 is 2.27 bits per heavy atom. The molecule has 2 amide bonds. The maximum absolute atomic E-state index is 12.4. The van der Waals surface area contributed by atoms with E-state index in [2.05, 4.69) is 4.90 Å². The standard InChI is InChI=1S/C16H25N3O3/c1-17(2)16(20)19-7-6-15(21-3)13-10-18(11-14(13)19)9-12-5-4-8-22-12/h4-5,8,13-15H,6-7,9-11H2,1-3H3/t13-,14+,15+/m0/s1. The van der Waals surface area contributed by atoms with E-state index in [1.807, 2.05) is 31.1 Å². The summed E-state index contributed by atoms with van der Waals surface area (Å²) in [5.74, 6) is 1.34. The van der Waals surface area contributed by atoms with Gasteiger partial charge in [-0.05, 0) is 18.6 Å². The summed E-state index contributed by atoms with van der Waals surface area (Å²) in [7, 11) is 5.41. The van der Waals surface area contributed by atoms with Gasteiger partial charge in [0.15, 0.2) is 0 Å². The number of likely N-dealkylation sites (tertiary alicyclic amines) is 2. The molecule has 22 heavy (non-hydrogen) atoms. The van der Waals surface area contributed by atoms with Crippen molar-refractivity contribution >= 4 is 6.03 Å². The predicted molar refractivity (Wildman–Crippen MR) is 82.5 cm³/mol. The smallest absolute Gasteiger partial charge is 0.319 e. The lowest BCUT2D eigenvalue weighted by molar-refractivity contribution is -0.0117. The molecule has 0 saturated carbocycles. The minimum Gasteiger partial charge on any atom is -0.468 e. The Bertz CT molecular complexity index is 503. The summed E-state index contributed by atoms with van der Waals surface area (Å²) >= 11 is 0. The fourth-order valence-corrected chi connectivity index (χ4v) is 3.77. The van der Waals surface area contributed by atoms with Crippen LogP contribution >= 0.6 is 0 Å². The summed E-state index contributed by atoms with van der Waals surface area (Å²) in [5.41, 5.74) is 0. The molecule has 3 atom stereocenters. The highest BCUT2D eigenvalue weighted by Crippen LogP contribution is 2.33. The van der Waals surface area contributed by atoms with Gasteiger partial charge in [-0.25, -0.2) is 4.79 Å². The van der Waals surface area contributed by atoms with Crippen molar-refractivity contribution in [2.24, 2.45) is 5.92 Å². The van der Waals surface area contributed by atoms with Gasteiger partial charge in [0.1, 0.15) is 5.76 Å². The zero-order chi connectivity index (χ0) is 15.7. The summed E-state index contributed by atoms with van der Waals surface area (Å²) in [6.45, 7) is 3.39. The number of fused-ring (bicyclic) bond motifs is 1. The maximum Gasteiger partial charge on any atom is 0.319 e. The highest BCUT2D eigenvalue weighted by Gasteiger charge is 2.46. The van der Waals surface area contributed by atoms with Crippen molar-refractivity contribution in [3.8, 4) is 0 Å². The first-order chi connectivity index (χ1) is 10.6. The van der Waals surface area contributed by atoms with Gasteiger partial charge < -0.3 is 19.0 Å².